The summed E-state index contributed by atoms with van der Waals surface area (Å²) in [6.45, 7) is 1.95. The molecule has 0 amide bonds. The third kappa shape index (κ3) is 3.36. The third-order valence-corrected chi connectivity index (χ3v) is 3.57. The molecular weight excluding hydrogens is 325 g/mol. The SMILES string of the molecule is CC(Nc1ccc(C(=O)O)cc1)c1ccc(F)c(Br)c1. The van der Waals surface area contributed by atoms with Crippen LogP contribution in [0.25, 0.3) is 0 Å². The van der Waals surface area contributed by atoms with Gasteiger partial charge in [0.1, 0.15) is 5.82 Å². The molecule has 0 fully saturated rings. The molecule has 2 N–H and O–H groups in total. The number of hydrogen-bond acceptors (Lipinski definition) is 2. The van der Waals surface area contributed by atoms with Crippen molar-refractivity contribution in [2.45, 2.75) is 13.0 Å². The van der Waals surface area contributed by atoms with Crippen LogP contribution in [0, 0.1) is 5.82 Å². The standard InChI is InChI=1S/C15H13BrFNO2/c1-9(11-4-7-14(17)13(16)8-11)18-12-5-2-10(3-6-12)15(19)20/h2-9,18H,1H3,(H,19,20). The van der Waals surface area contributed by atoms with Gasteiger partial charge in [-0.3, -0.25) is 0 Å². The number of benzene rings is 2. The lowest BCUT2D eigenvalue weighted by atomic mass is 10.1. The van der Waals surface area contributed by atoms with Crippen molar-refractivity contribution in [2.75, 3.05) is 5.32 Å². The number of carboxylic acids is 1. The Balaban J connectivity index is 2.12. The molecule has 0 aliphatic heterocycles. The van der Waals surface area contributed by atoms with Crippen molar-refractivity contribution in [3.8, 4) is 0 Å². The minimum absolute atomic E-state index is 0.0254. The van der Waals surface area contributed by atoms with Gasteiger partial charge >= 0.3 is 5.97 Å². The Bertz CT molecular complexity index is 628. The van der Waals surface area contributed by atoms with E-state index in [-0.39, 0.29) is 17.4 Å². The number of anilines is 1. The zero-order valence-corrected chi connectivity index (χ0v) is 12.3. The molecular formula is C15H13BrFNO2. The van der Waals surface area contributed by atoms with Gasteiger partial charge in [0, 0.05) is 11.7 Å². The van der Waals surface area contributed by atoms with E-state index in [2.05, 4.69) is 21.2 Å². The number of carbonyl (C=O) groups is 1. The van der Waals surface area contributed by atoms with E-state index in [9.17, 15) is 9.18 Å². The molecule has 104 valence electrons. The topological polar surface area (TPSA) is 49.3 Å². The fraction of sp³-hybridized carbons (Fsp3) is 0.133. The fourth-order valence-corrected chi connectivity index (χ4v) is 2.22. The summed E-state index contributed by atoms with van der Waals surface area (Å²) in [6.07, 6.45) is 0. The molecule has 0 aromatic heterocycles. The van der Waals surface area contributed by atoms with Gasteiger partial charge in [-0.1, -0.05) is 6.07 Å². The molecule has 2 aromatic carbocycles. The van der Waals surface area contributed by atoms with Crippen molar-refractivity contribution in [2.24, 2.45) is 0 Å². The Labute approximate surface area is 124 Å². The predicted molar refractivity (Wildman–Crippen MR) is 79.5 cm³/mol. The van der Waals surface area contributed by atoms with Gasteiger partial charge in [0.15, 0.2) is 0 Å². The maximum Gasteiger partial charge on any atom is 0.335 e. The summed E-state index contributed by atoms with van der Waals surface area (Å²) in [5.74, 6) is -1.25. The normalized spacial score (nSPS) is 11.9. The molecule has 20 heavy (non-hydrogen) atoms. The quantitative estimate of drug-likeness (QED) is 0.865. The summed E-state index contributed by atoms with van der Waals surface area (Å²) in [5.41, 5.74) is 1.98. The second kappa shape index (κ2) is 6.05. The Hall–Kier alpha value is -1.88. The van der Waals surface area contributed by atoms with E-state index in [0.29, 0.717) is 4.47 Å². The van der Waals surface area contributed by atoms with Crippen LogP contribution < -0.4 is 5.32 Å². The van der Waals surface area contributed by atoms with Crippen molar-refractivity contribution in [1.29, 1.82) is 0 Å². The summed E-state index contributed by atoms with van der Waals surface area (Å²) in [5, 5.41) is 12.1. The molecule has 1 unspecified atom stereocenters. The van der Waals surface area contributed by atoms with E-state index in [1.165, 1.54) is 18.2 Å². The lowest BCUT2D eigenvalue weighted by molar-refractivity contribution is 0.0697. The maximum atomic E-state index is 13.2. The minimum Gasteiger partial charge on any atom is -0.478 e. The summed E-state index contributed by atoms with van der Waals surface area (Å²) < 4.78 is 13.6. The lowest BCUT2D eigenvalue weighted by Crippen LogP contribution is -2.07. The minimum atomic E-state index is -0.952. The third-order valence-electron chi connectivity index (χ3n) is 2.96. The van der Waals surface area contributed by atoms with Crippen LogP contribution in [0.15, 0.2) is 46.9 Å². The van der Waals surface area contributed by atoms with Crippen molar-refractivity contribution < 1.29 is 14.3 Å². The molecule has 0 aliphatic rings. The molecule has 5 heteroatoms. The van der Waals surface area contributed by atoms with Crippen molar-refractivity contribution in [1.82, 2.24) is 0 Å². The van der Waals surface area contributed by atoms with Crippen LogP contribution in [0.2, 0.25) is 0 Å². The van der Waals surface area contributed by atoms with Gasteiger partial charge in [-0.2, -0.15) is 0 Å². The number of aromatic carboxylic acids is 1. The second-order valence-corrected chi connectivity index (χ2v) is 5.28. The van der Waals surface area contributed by atoms with Gasteiger partial charge in [-0.05, 0) is 64.8 Å². The first-order chi connectivity index (χ1) is 9.47. The smallest absolute Gasteiger partial charge is 0.335 e. The first-order valence-corrected chi connectivity index (χ1v) is 6.81. The van der Waals surface area contributed by atoms with E-state index in [1.54, 1.807) is 24.3 Å². The number of carboxylic acid groups (broad SMARTS) is 1. The molecule has 0 heterocycles. The van der Waals surface area contributed by atoms with Crippen molar-refractivity contribution >= 4 is 27.6 Å². The fourth-order valence-electron chi connectivity index (χ4n) is 1.82. The van der Waals surface area contributed by atoms with Crippen LogP contribution in [-0.2, 0) is 0 Å². The molecule has 2 aromatic rings. The Kier molecular flexibility index (Phi) is 4.39. The molecule has 0 saturated heterocycles. The Morgan fingerprint density at radius 3 is 2.45 bits per heavy atom. The molecule has 0 radical (unpaired) electrons. The maximum absolute atomic E-state index is 13.2. The highest BCUT2D eigenvalue weighted by atomic mass is 79.9. The summed E-state index contributed by atoms with van der Waals surface area (Å²) >= 11 is 3.16. The molecule has 0 saturated carbocycles. The molecule has 1 atom stereocenters. The summed E-state index contributed by atoms with van der Waals surface area (Å²) in [6, 6.07) is 11.3. The summed E-state index contributed by atoms with van der Waals surface area (Å²) in [7, 11) is 0. The zero-order valence-electron chi connectivity index (χ0n) is 10.7. The predicted octanol–water partition coefficient (Wildman–Crippen LogP) is 4.46. The number of nitrogens with one attached hydrogen (secondary N) is 1. The van der Waals surface area contributed by atoms with Gasteiger partial charge in [0.05, 0.1) is 10.0 Å². The summed E-state index contributed by atoms with van der Waals surface area (Å²) in [4.78, 5) is 10.8. The van der Waals surface area contributed by atoms with Crippen LogP contribution in [-0.4, -0.2) is 11.1 Å². The second-order valence-electron chi connectivity index (χ2n) is 4.42. The van der Waals surface area contributed by atoms with E-state index in [4.69, 9.17) is 5.11 Å². The number of rotatable bonds is 4. The van der Waals surface area contributed by atoms with Gasteiger partial charge in [0.2, 0.25) is 0 Å². The van der Waals surface area contributed by atoms with Crippen LogP contribution in [0.1, 0.15) is 28.9 Å². The van der Waals surface area contributed by atoms with Crippen molar-refractivity contribution in [3.63, 3.8) is 0 Å². The highest BCUT2D eigenvalue weighted by molar-refractivity contribution is 9.10. The Morgan fingerprint density at radius 1 is 1.25 bits per heavy atom. The van der Waals surface area contributed by atoms with Crippen LogP contribution >= 0.6 is 15.9 Å². The number of hydrogen-bond donors (Lipinski definition) is 2. The monoisotopic (exact) mass is 337 g/mol. The molecule has 3 nitrogen and oxygen atoms in total. The van der Waals surface area contributed by atoms with Gasteiger partial charge in [0.25, 0.3) is 0 Å². The van der Waals surface area contributed by atoms with Crippen molar-refractivity contribution in [3.05, 3.63) is 63.9 Å². The zero-order chi connectivity index (χ0) is 14.7. The van der Waals surface area contributed by atoms with E-state index < -0.39 is 5.97 Å². The first-order valence-electron chi connectivity index (χ1n) is 6.02. The number of halogens is 2. The molecule has 0 bridgehead atoms. The largest absolute Gasteiger partial charge is 0.478 e. The average Bonchev–Trinajstić information content (AvgIpc) is 2.42. The molecule has 2 rings (SSSR count). The van der Waals surface area contributed by atoms with Gasteiger partial charge in [-0.15, -0.1) is 0 Å². The van der Waals surface area contributed by atoms with E-state index in [0.717, 1.165) is 11.3 Å². The van der Waals surface area contributed by atoms with E-state index in [1.807, 2.05) is 6.92 Å². The first kappa shape index (κ1) is 14.5. The molecule has 0 aliphatic carbocycles. The highest BCUT2D eigenvalue weighted by Crippen LogP contribution is 2.24. The van der Waals surface area contributed by atoms with Gasteiger partial charge < -0.3 is 10.4 Å². The van der Waals surface area contributed by atoms with E-state index >= 15 is 0 Å². The van der Waals surface area contributed by atoms with Crippen LogP contribution in [0.3, 0.4) is 0 Å². The Morgan fingerprint density at radius 2 is 1.90 bits per heavy atom. The van der Waals surface area contributed by atoms with Crippen LogP contribution in [0.4, 0.5) is 10.1 Å². The molecule has 0 spiro atoms. The lowest BCUT2D eigenvalue weighted by Gasteiger charge is -2.16. The van der Waals surface area contributed by atoms with Gasteiger partial charge in [-0.25, -0.2) is 9.18 Å². The highest BCUT2D eigenvalue weighted by Gasteiger charge is 2.09. The van der Waals surface area contributed by atoms with Crippen LogP contribution in [0.5, 0.6) is 0 Å². The average molecular weight is 338 g/mol.